The summed E-state index contributed by atoms with van der Waals surface area (Å²) in [5.41, 5.74) is 1.40. The summed E-state index contributed by atoms with van der Waals surface area (Å²) in [7, 11) is 1.61. The molecular formula is C19H22N2O3S. The fourth-order valence-electron chi connectivity index (χ4n) is 3.37. The average Bonchev–Trinajstić information content (AvgIpc) is 3.15. The van der Waals surface area contributed by atoms with Gasteiger partial charge in [-0.1, -0.05) is 24.3 Å². The zero-order valence-corrected chi connectivity index (χ0v) is 15.2. The number of methoxy groups -OCH3 is 1. The molecule has 3 rings (SSSR count). The third kappa shape index (κ3) is 3.32. The van der Waals surface area contributed by atoms with Crippen LogP contribution in [0, 0.1) is 0 Å². The van der Waals surface area contributed by atoms with Crippen molar-refractivity contribution in [1.82, 2.24) is 10.2 Å². The van der Waals surface area contributed by atoms with E-state index in [0.717, 1.165) is 10.4 Å². The first kappa shape index (κ1) is 17.6. The molecule has 0 bridgehead atoms. The molecule has 2 amide bonds. The zero-order chi connectivity index (χ0) is 17.8. The van der Waals surface area contributed by atoms with Crippen molar-refractivity contribution in [2.75, 3.05) is 26.8 Å². The van der Waals surface area contributed by atoms with Gasteiger partial charge >= 0.3 is 0 Å². The normalized spacial score (nSPS) is 19.6. The number of ether oxygens (including phenoxy) is 1. The lowest BCUT2D eigenvalue weighted by molar-refractivity contribution is -0.124. The lowest BCUT2D eigenvalue weighted by Crippen LogP contribution is -2.48. The predicted octanol–water partition coefficient (Wildman–Crippen LogP) is 2.81. The number of hydrogen-bond donors (Lipinski definition) is 1. The minimum atomic E-state index is -0.427. The maximum absolute atomic E-state index is 13.1. The van der Waals surface area contributed by atoms with Crippen molar-refractivity contribution < 1.29 is 14.3 Å². The van der Waals surface area contributed by atoms with E-state index in [0.29, 0.717) is 25.3 Å². The Morgan fingerprint density at radius 3 is 2.76 bits per heavy atom. The van der Waals surface area contributed by atoms with Gasteiger partial charge in [0, 0.05) is 30.6 Å². The van der Waals surface area contributed by atoms with Gasteiger partial charge in [0.05, 0.1) is 18.6 Å². The van der Waals surface area contributed by atoms with Crippen molar-refractivity contribution in [1.29, 1.82) is 0 Å². The average molecular weight is 358 g/mol. The van der Waals surface area contributed by atoms with Crippen molar-refractivity contribution in [2.24, 2.45) is 0 Å². The molecule has 1 aliphatic heterocycles. The summed E-state index contributed by atoms with van der Waals surface area (Å²) in [5, 5.41) is 4.91. The highest BCUT2D eigenvalue weighted by molar-refractivity contribution is 7.10. The quantitative estimate of drug-likeness (QED) is 0.864. The largest absolute Gasteiger partial charge is 0.383 e. The van der Waals surface area contributed by atoms with E-state index in [1.54, 1.807) is 29.4 Å². The molecule has 132 valence electrons. The molecule has 2 aromatic rings. The van der Waals surface area contributed by atoms with Crippen molar-refractivity contribution in [3.05, 3.63) is 57.8 Å². The Hall–Kier alpha value is -2.18. The summed E-state index contributed by atoms with van der Waals surface area (Å²) < 4.78 is 5.20. The lowest BCUT2D eigenvalue weighted by atomic mass is 9.81. The van der Waals surface area contributed by atoms with Crippen LogP contribution >= 0.6 is 11.3 Å². The van der Waals surface area contributed by atoms with E-state index < -0.39 is 5.92 Å². The first-order valence-corrected chi connectivity index (χ1v) is 9.27. The Morgan fingerprint density at radius 1 is 1.28 bits per heavy atom. The van der Waals surface area contributed by atoms with Gasteiger partial charge in [-0.25, -0.2) is 0 Å². The first-order valence-electron chi connectivity index (χ1n) is 8.39. The van der Waals surface area contributed by atoms with E-state index in [-0.39, 0.29) is 17.9 Å². The molecule has 0 radical (unpaired) electrons. The molecule has 5 nitrogen and oxygen atoms in total. The summed E-state index contributed by atoms with van der Waals surface area (Å²) in [6, 6.07) is 11.0. The van der Waals surface area contributed by atoms with E-state index in [1.165, 1.54) is 0 Å². The fourth-order valence-corrected chi connectivity index (χ4v) is 4.24. The third-order valence-electron chi connectivity index (χ3n) is 4.44. The molecule has 1 aromatic carbocycles. The van der Waals surface area contributed by atoms with Crippen molar-refractivity contribution in [2.45, 2.75) is 18.9 Å². The minimum Gasteiger partial charge on any atom is -0.383 e. The standard InChI is InChI=1S/C19H22N2O3S/c1-3-20-18(22)16-13-7-4-5-8-14(13)19(23)21(10-11-24-2)17(16)15-9-6-12-25-15/h4-9,12,16-17H,3,10-11H2,1-2H3,(H,20,22). The smallest absolute Gasteiger partial charge is 0.254 e. The third-order valence-corrected chi connectivity index (χ3v) is 5.39. The summed E-state index contributed by atoms with van der Waals surface area (Å²) >= 11 is 1.57. The molecule has 0 saturated carbocycles. The van der Waals surface area contributed by atoms with E-state index >= 15 is 0 Å². The molecule has 25 heavy (non-hydrogen) atoms. The molecule has 2 heterocycles. The van der Waals surface area contributed by atoms with Crippen LogP contribution < -0.4 is 5.32 Å². The lowest BCUT2D eigenvalue weighted by Gasteiger charge is -2.41. The number of carbonyl (C=O) groups is 2. The topological polar surface area (TPSA) is 58.6 Å². The Kier molecular flexibility index (Phi) is 5.50. The number of benzene rings is 1. The van der Waals surface area contributed by atoms with Crippen molar-refractivity contribution in [3.63, 3.8) is 0 Å². The van der Waals surface area contributed by atoms with Gasteiger partial charge in [-0.05, 0) is 30.0 Å². The number of rotatable bonds is 6. The SMILES string of the molecule is CCNC(=O)C1c2ccccc2C(=O)N(CCOC)C1c1cccs1. The van der Waals surface area contributed by atoms with Crippen LogP contribution in [-0.2, 0) is 9.53 Å². The van der Waals surface area contributed by atoms with Gasteiger partial charge in [-0.2, -0.15) is 0 Å². The molecule has 2 unspecified atom stereocenters. The van der Waals surface area contributed by atoms with Crippen LogP contribution in [0.15, 0.2) is 41.8 Å². The molecule has 0 fully saturated rings. The summed E-state index contributed by atoms with van der Waals surface area (Å²) in [5.74, 6) is -0.528. The highest BCUT2D eigenvalue weighted by Crippen LogP contribution is 2.44. The summed E-state index contributed by atoms with van der Waals surface area (Å²) in [4.78, 5) is 28.8. The van der Waals surface area contributed by atoms with Gasteiger partial charge in [0.15, 0.2) is 0 Å². The van der Waals surface area contributed by atoms with Crippen LogP contribution in [0.25, 0.3) is 0 Å². The van der Waals surface area contributed by atoms with E-state index in [9.17, 15) is 9.59 Å². The van der Waals surface area contributed by atoms with Crippen LogP contribution in [-0.4, -0.2) is 43.5 Å². The highest BCUT2D eigenvalue weighted by atomic mass is 32.1. The van der Waals surface area contributed by atoms with Crippen LogP contribution in [0.2, 0.25) is 0 Å². The van der Waals surface area contributed by atoms with Crippen LogP contribution in [0.5, 0.6) is 0 Å². The number of nitrogens with one attached hydrogen (secondary N) is 1. The number of nitrogens with zero attached hydrogens (tertiary/aromatic N) is 1. The minimum absolute atomic E-state index is 0.0494. The monoisotopic (exact) mass is 358 g/mol. The Labute approximate surface area is 151 Å². The van der Waals surface area contributed by atoms with E-state index in [4.69, 9.17) is 4.74 Å². The highest BCUT2D eigenvalue weighted by Gasteiger charge is 2.44. The molecule has 1 N–H and O–H groups in total. The van der Waals surface area contributed by atoms with E-state index in [2.05, 4.69) is 5.32 Å². The molecular weight excluding hydrogens is 336 g/mol. The Morgan fingerprint density at radius 2 is 2.08 bits per heavy atom. The molecule has 1 aliphatic rings. The van der Waals surface area contributed by atoms with E-state index in [1.807, 2.05) is 42.6 Å². The van der Waals surface area contributed by atoms with Crippen molar-refractivity contribution in [3.8, 4) is 0 Å². The second-order valence-corrected chi connectivity index (χ2v) is 6.89. The van der Waals surface area contributed by atoms with Crippen LogP contribution in [0.3, 0.4) is 0 Å². The second kappa shape index (κ2) is 7.80. The molecule has 0 spiro atoms. The molecule has 2 atom stereocenters. The number of likely N-dealkylation sites (N-methyl/N-ethyl adjacent to an activating group) is 1. The summed E-state index contributed by atoms with van der Waals surface area (Å²) in [6.45, 7) is 3.33. The Balaban J connectivity index is 2.13. The summed E-state index contributed by atoms with van der Waals surface area (Å²) in [6.07, 6.45) is 0. The van der Waals surface area contributed by atoms with Crippen molar-refractivity contribution >= 4 is 23.2 Å². The van der Waals surface area contributed by atoms with Gasteiger partial charge in [0.1, 0.15) is 0 Å². The predicted molar refractivity (Wildman–Crippen MR) is 97.8 cm³/mol. The van der Waals surface area contributed by atoms with Crippen LogP contribution in [0.4, 0.5) is 0 Å². The molecule has 6 heteroatoms. The van der Waals surface area contributed by atoms with Gasteiger partial charge in [0.25, 0.3) is 5.91 Å². The first-order chi connectivity index (χ1) is 12.2. The number of hydrogen-bond acceptors (Lipinski definition) is 4. The zero-order valence-electron chi connectivity index (χ0n) is 14.4. The number of amides is 2. The number of thiophene rings is 1. The second-order valence-electron chi connectivity index (χ2n) is 5.91. The molecule has 0 aliphatic carbocycles. The number of carbonyl (C=O) groups excluding carboxylic acids is 2. The molecule has 1 aromatic heterocycles. The van der Waals surface area contributed by atoms with Gasteiger partial charge in [-0.3, -0.25) is 9.59 Å². The fraction of sp³-hybridized carbons (Fsp3) is 0.368. The van der Waals surface area contributed by atoms with Gasteiger partial charge in [-0.15, -0.1) is 11.3 Å². The van der Waals surface area contributed by atoms with Gasteiger partial charge < -0.3 is 15.0 Å². The van der Waals surface area contributed by atoms with Crippen LogP contribution in [0.1, 0.15) is 39.7 Å². The molecule has 0 saturated heterocycles. The Bertz CT molecular complexity index is 745. The number of fused-ring (bicyclic) bond motifs is 1. The van der Waals surface area contributed by atoms with Gasteiger partial charge in [0.2, 0.25) is 5.91 Å². The maximum atomic E-state index is 13.1. The maximum Gasteiger partial charge on any atom is 0.254 e.